The molecule has 4 aromatic rings. The summed E-state index contributed by atoms with van der Waals surface area (Å²) in [7, 11) is 0. The number of benzene rings is 1. The summed E-state index contributed by atoms with van der Waals surface area (Å²) in [4.78, 5) is 3.96. The highest BCUT2D eigenvalue weighted by Gasteiger charge is 2.35. The van der Waals surface area contributed by atoms with Gasteiger partial charge in [-0.2, -0.15) is 18.3 Å². The van der Waals surface area contributed by atoms with E-state index in [0.29, 0.717) is 22.8 Å². The third-order valence-corrected chi connectivity index (χ3v) is 3.95. The SMILES string of the molecule is Cc1cc(C(F)(F)F)n(-c2ccc(-n3cc(-c4ccncc4)nn3)cc2)n1. The Balaban J connectivity index is 1.65. The minimum Gasteiger partial charge on any atom is -0.265 e. The third kappa shape index (κ3) is 3.31. The number of aromatic nitrogens is 6. The Morgan fingerprint density at radius 3 is 2.26 bits per heavy atom. The van der Waals surface area contributed by atoms with Gasteiger partial charge in [0.25, 0.3) is 0 Å². The fourth-order valence-electron chi connectivity index (χ4n) is 2.69. The number of hydrogen-bond donors (Lipinski definition) is 0. The lowest BCUT2D eigenvalue weighted by Crippen LogP contribution is -2.13. The van der Waals surface area contributed by atoms with Crippen LogP contribution in [0.15, 0.2) is 61.1 Å². The number of hydrogen-bond acceptors (Lipinski definition) is 4. The Labute approximate surface area is 151 Å². The molecule has 0 atom stereocenters. The van der Waals surface area contributed by atoms with Gasteiger partial charge in [-0.3, -0.25) is 4.98 Å². The highest BCUT2D eigenvalue weighted by molar-refractivity contribution is 5.57. The first-order chi connectivity index (χ1) is 12.9. The first kappa shape index (κ1) is 17.0. The van der Waals surface area contributed by atoms with Crippen molar-refractivity contribution >= 4 is 0 Å². The number of alkyl halides is 3. The van der Waals surface area contributed by atoms with Crippen LogP contribution in [0.3, 0.4) is 0 Å². The second-order valence-electron chi connectivity index (χ2n) is 5.88. The third-order valence-electron chi connectivity index (χ3n) is 3.95. The molecule has 0 aliphatic heterocycles. The second-order valence-corrected chi connectivity index (χ2v) is 5.88. The lowest BCUT2D eigenvalue weighted by atomic mass is 10.2. The van der Waals surface area contributed by atoms with Gasteiger partial charge in [-0.05, 0) is 49.4 Å². The van der Waals surface area contributed by atoms with E-state index in [1.54, 1.807) is 47.5 Å². The van der Waals surface area contributed by atoms with Crippen molar-refractivity contribution in [3.63, 3.8) is 0 Å². The quantitative estimate of drug-likeness (QED) is 0.550. The maximum Gasteiger partial charge on any atom is 0.433 e. The normalized spacial score (nSPS) is 11.7. The molecule has 0 aliphatic rings. The first-order valence-corrected chi connectivity index (χ1v) is 7.99. The van der Waals surface area contributed by atoms with Gasteiger partial charge in [0.2, 0.25) is 0 Å². The van der Waals surface area contributed by atoms with Gasteiger partial charge in [-0.25, -0.2) is 9.36 Å². The largest absolute Gasteiger partial charge is 0.433 e. The molecule has 0 amide bonds. The van der Waals surface area contributed by atoms with Crippen LogP contribution in [0.25, 0.3) is 22.6 Å². The summed E-state index contributed by atoms with van der Waals surface area (Å²) < 4.78 is 41.9. The van der Waals surface area contributed by atoms with E-state index >= 15 is 0 Å². The maximum absolute atomic E-state index is 13.2. The Morgan fingerprint density at radius 2 is 1.59 bits per heavy atom. The first-order valence-electron chi connectivity index (χ1n) is 7.99. The highest BCUT2D eigenvalue weighted by Crippen LogP contribution is 2.31. The summed E-state index contributed by atoms with van der Waals surface area (Å²) in [5, 5.41) is 12.1. The van der Waals surface area contributed by atoms with Crippen LogP contribution in [-0.4, -0.2) is 29.8 Å². The monoisotopic (exact) mass is 370 g/mol. The fourth-order valence-corrected chi connectivity index (χ4v) is 2.69. The highest BCUT2D eigenvalue weighted by atomic mass is 19.4. The van der Waals surface area contributed by atoms with Crippen molar-refractivity contribution in [3.8, 4) is 22.6 Å². The molecule has 0 radical (unpaired) electrons. The predicted octanol–water partition coefficient (Wildman–Crippen LogP) is 3.84. The van der Waals surface area contributed by atoms with E-state index in [1.165, 1.54) is 6.92 Å². The van der Waals surface area contributed by atoms with Gasteiger partial charge in [0.15, 0.2) is 0 Å². The van der Waals surface area contributed by atoms with E-state index in [9.17, 15) is 13.2 Å². The lowest BCUT2D eigenvalue weighted by molar-refractivity contribution is -0.142. The van der Waals surface area contributed by atoms with Crippen LogP contribution >= 0.6 is 0 Å². The number of rotatable bonds is 3. The van der Waals surface area contributed by atoms with Crippen molar-refractivity contribution < 1.29 is 13.2 Å². The molecular weight excluding hydrogens is 357 g/mol. The Kier molecular flexibility index (Phi) is 3.98. The van der Waals surface area contributed by atoms with Gasteiger partial charge in [0.1, 0.15) is 11.4 Å². The van der Waals surface area contributed by atoms with Crippen LogP contribution in [0.5, 0.6) is 0 Å². The summed E-state index contributed by atoms with van der Waals surface area (Å²) >= 11 is 0. The average molecular weight is 370 g/mol. The molecule has 9 heteroatoms. The predicted molar refractivity (Wildman–Crippen MR) is 91.5 cm³/mol. The topological polar surface area (TPSA) is 61.4 Å². The van der Waals surface area contributed by atoms with E-state index in [1.807, 2.05) is 12.1 Å². The zero-order valence-corrected chi connectivity index (χ0v) is 14.1. The van der Waals surface area contributed by atoms with Crippen LogP contribution in [-0.2, 0) is 6.18 Å². The van der Waals surface area contributed by atoms with Crippen molar-refractivity contribution in [2.75, 3.05) is 0 Å². The molecule has 0 bridgehead atoms. The summed E-state index contributed by atoms with van der Waals surface area (Å²) in [6.07, 6.45) is 0.579. The van der Waals surface area contributed by atoms with Crippen molar-refractivity contribution in [3.05, 3.63) is 72.4 Å². The molecule has 4 rings (SSSR count). The van der Waals surface area contributed by atoms with Crippen molar-refractivity contribution in [2.45, 2.75) is 13.1 Å². The van der Waals surface area contributed by atoms with Gasteiger partial charge >= 0.3 is 6.18 Å². The van der Waals surface area contributed by atoms with Gasteiger partial charge in [-0.1, -0.05) is 5.21 Å². The Morgan fingerprint density at radius 1 is 0.926 bits per heavy atom. The van der Waals surface area contributed by atoms with Crippen LogP contribution in [0.2, 0.25) is 0 Å². The van der Waals surface area contributed by atoms with Crippen LogP contribution in [0.4, 0.5) is 13.2 Å². The number of pyridine rings is 1. The Bertz CT molecular complexity index is 1060. The fraction of sp³-hybridized carbons (Fsp3) is 0.111. The molecule has 0 saturated heterocycles. The maximum atomic E-state index is 13.2. The molecule has 0 saturated carbocycles. The molecule has 0 aliphatic carbocycles. The minimum absolute atomic E-state index is 0.296. The molecule has 0 spiro atoms. The van der Waals surface area contributed by atoms with Crippen molar-refractivity contribution in [1.82, 2.24) is 29.8 Å². The van der Waals surface area contributed by atoms with Gasteiger partial charge in [-0.15, -0.1) is 5.10 Å². The molecule has 6 nitrogen and oxygen atoms in total. The number of halogens is 3. The van der Waals surface area contributed by atoms with Crippen LogP contribution < -0.4 is 0 Å². The number of aryl methyl sites for hydroxylation is 1. The molecule has 3 heterocycles. The molecule has 1 aromatic carbocycles. The second kappa shape index (κ2) is 6.35. The van der Waals surface area contributed by atoms with E-state index in [0.717, 1.165) is 16.3 Å². The lowest BCUT2D eigenvalue weighted by Gasteiger charge is -2.10. The number of nitrogens with zero attached hydrogens (tertiary/aromatic N) is 6. The molecular formula is C18H13F3N6. The molecule has 0 N–H and O–H groups in total. The molecule has 0 fully saturated rings. The van der Waals surface area contributed by atoms with E-state index < -0.39 is 11.9 Å². The zero-order chi connectivity index (χ0) is 19.0. The van der Waals surface area contributed by atoms with Crippen molar-refractivity contribution in [2.24, 2.45) is 0 Å². The van der Waals surface area contributed by atoms with Crippen molar-refractivity contribution in [1.29, 1.82) is 0 Å². The van der Waals surface area contributed by atoms with E-state index in [2.05, 4.69) is 20.4 Å². The average Bonchev–Trinajstić information content (AvgIpc) is 3.29. The van der Waals surface area contributed by atoms with E-state index in [4.69, 9.17) is 0 Å². The van der Waals surface area contributed by atoms with Crippen LogP contribution in [0.1, 0.15) is 11.4 Å². The molecule has 27 heavy (non-hydrogen) atoms. The minimum atomic E-state index is -4.48. The summed E-state index contributed by atoms with van der Waals surface area (Å²) in [6, 6.07) is 11.1. The molecule has 136 valence electrons. The molecule has 0 unspecified atom stereocenters. The molecule has 3 aromatic heterocycles. The standard InChI is InChI=1S/C18H13F3N6/c1-12-10-17(18(19,20)21)27(24-12)15-4-2-14(3-5-15)26-11-16(23-25-26)13-6-8-22-9-7-13/h2-11H,1H3. The summed E-state index contributed by atoms with van der Waals surface area (Å²) in [6.45, 7) is 1.52. The Hall–Kier alpha value is -3.49. The smallest absolute Gasteiger partial charge is 0.265 e. The van der Waals surface area contributed by atoms with E-state index in [-0.39, 0.29) is 0 Å². The van der Waals surface area contributed by atoms with Gasteiger partial charge < -0.3 is 0 Å². The van der Waals surface area contributed by atoms with Gasteiger partial charge in [0.05, 0.1) is 23.3 Å². The summed E-state index contributed by atoms with van der Waals surface area (Å²) in [5.41, 5.74) is 2.01. The van der Waals surface area contributed by atoms with Gasteiger partial charge in [0, 0.05) is 18.0 Å². The summed E-state index contributed by atoms with van der Waals surface area (Å²) in [5.74, 6) is 0. The zero-order valence-electron chi connectivity index (χ0n) is 14.1. The van der Waals surface area contributed by atoms with Crippen LogP contribution in [0, 0.1) is 6.92 Å².